The molecular formula is C13H20N2O2S2. The number of hydrogen-bond donors (Lipinski definition) is 1. The minimum atomic E-state index is -3.26. The molecule has 2 fully saturated rings. The van der Waals surface area contributed by atoms with Crippen LogP contribution in [0.3, 0.4) is 0 Å². The Labute approximate surface area is 118 Å². The summed E-state index contributed by atoms with van der Waals surface area (Å²) in [4.78, 5) is 1.58. The summed E-state index contributed by atoms with van der Waals surface area (Å²) in [5.41, 5.74) is 0. The van der Waals surface area contributed by atoms with Crippen LogP contribution in [0, 0.1) is 5.92 Å². The maximum Gasteiger partial charge on any atom is 0.243 e. The first-order valence-electron chi connectivity index (χ1n) is 6.86. The van der Waals surface area contributed by atoms with E-state index in [9.17, 15) is 8.42 Å². The topological polar surface area (TPSA) is 49.4 Å². The van der Waals surface area contributed by atoms with Crippen LogP contribution in [0.25, 0.3) is 0 Å². The SMILES string of the molecule is CC1CCN(S(=O)(=O)c2csc(CNC3CC3)c2)C1. The molecule has 1 aromatic rings. The quantitative estimate of drug-likeness (QED) is 0.905. The van der Waals surface area contributed by atoms with Gasteiger partial charge < -0.3 is 5.32 Å². The zero-order chi connectivity index (χ0) is 13.5. The Morgan fingerprint density at radius 3 is 2.84 bits per heavy atom. The van der Waals surface area contributed by atoms with Crippen molar-refractivity contribution < 1.29 is 8.42 Å². The Morgan fingerprint density at radius 1 is 1.42 bits per heavy atom. The van der Waals surface area contributed by atoms with Gasteiger partial charge in [-0.3, -0.25) is 0 Å². The minimum absolute atomic E-state index is 0.471. The van der Waals surface area contributed by atoms with Gasteiger partial charge in [-0.15, -0.1) is 11.3 Å². The van der Waals surface area contributed by atoms with E-state index in [0.29, 0.717) is 29.9 Å². The first-order valence-corrected chi connectivity index (χ1v) is 9.18. The van der Waals surface area contributed by atoms with Gasteiger partial charge in [0.1, 0.15) is 0 Å². The lowest BCUT2D eigenvalue weighted by molar-refractivity contribution is 0.464. The molecule has 0 spiro atoms. The summed E-state index contributed by atoms with van der Waals surface area (Å²) < 4.78 is 26.5. The molecule has 19 heavy (non-hydrogen) atoms. The second-order valence-corrected chi connectivity index (χ2v) is 8.59. The van der Waals surface area contributed by atoms with Crippen LogP contribution in [-0.2, 0) is 16.6 Å². The molecule has 1 atom stereocenters. The van der Waals surface area contributed by atoms with Crippen molar-refractivity contribution in [3.8, 4) is 0 Å². The zero-order valence-corrected chi connectivity index (χ0v) is 12.8. The number of hydrogen-bond acceptors (Lipinski definition) is 4. The minimum Gasteiger partial charge on any atom is -0.309 e. The van der Waals surface area contributed by atoms with Crippen molar-refractivity contribution in [2.75, 3.05) is 13.1 Å². The molecule has 2 aliphatic rings. The van der Waals surface area contributed by atoms with E-state index < -0.39 is 10.0 Å². The van der Waals surface area contributed by atoms with E-state index in [0.717, 1.165) is 17.8 Å². The Bertz CT molecular complexity index is 549. The predicted octanol–water partition coefficient (Wildman–Crippen LogP) is 2.03. The van der Waals surface area contributed by atoms with Crippen LogP contribution in [0.2, 0.25) is 0 Å². The highest BCUT2D eigenvalue weighted by molar-refractivity contribution is 7.89. The molecule has 4 nitrogen and oxygen atoms in total. The van der Waals surface area contributed by atoms with Gasteiger partial charge in [0.25, 0.3) is 0 Å². The van der Waals surface area contributed by atoms with Crippen LogP contribution >= 0.6 is 11.3 Å². The number of nitrogens with one attached hydrogen (secondary N) is 1. The Kier molecular flexibility index (Phi) is 3.68. The first-order chi connectivity index (χ1) is 9.05. The molecule has 6 heteroatoms. The molecule has 1 saturated heterocycles. The fourth-order valence-electron chi connectivity index (χ4n) is 2.38. The van der Waals surface area contributed by atoms with Crippen molar-refractivity contribution in [2.45, 2.75) is 43.7 Å². The third kappa shape index (κ3) is 3.02. The Balaban J connectivity index is 1.69. The van der Waals surface area contributed by atoms with Gasteiger partial charge in [-0.1, -0.05) is 6.92 Å². The molecule has 2 heterocycles. The maximum absolute atomic E-state index is 12.5. The molecule has 1 N–H and O–H groups in total. The van der Waals surface area contributed by atoms with Gasteiger partial charge >= 0.3 is 0 Å². The normalized spacial score (nSPS) is 25.0. The third-order valence-electron chi connectivity index (χ3n) is 3.80. The highest BCUT2D eigenvalue weighted by atomic mass is 32.2. The second-order valence-electron chi connectivity index (χ2n) is 5.66. The molecule has 1 aliphatic heterocycles. The van der Waals surface area contributed by atoms with E-state index in [2.05, 4.69) is 12.2 Å². The van der Waals surface area contributed by atoms with Crippen LogP contribution < -0.4 is 5.32 Å². The zero-order valence-electron chi connectivity index (χ0n) is 11.1. The number of thiophene rings is 1. The molecule has 1 aliphatic carbocycles. The highest BCUT2D eigenvalue weighted by Gasteiger charge is 2.31. The lowest BCUT2D eigenvalue weighted by Gasteiger charge is -2.14. The van der Waals surface area contributed by atoms with Gasteiger partial charge in [-0.25, -0.2) is 8.42 Å². The van der Waals surface area contributed by atoms with E-state index in [4.69, 9.17) is 0 Å². The molecule has 106 valence electrons. The maximum atomic E-state index is 12.5. The molecule has 1 saturated carbocycles. The van der Waals surface area contributed by atoms with Gasteiger partial charge in [-0.2, -0.15) is 4.31 Å². The Morgan fingerprint density at radius 2 is 2.21 bits per heavy atom. The average Bonchev–Trinajstić information content (AvgIpc) is 2.89. The summed E-state index contributed by atoms with van der Waals surface area (Å²) in [5.74, 6) is 0.476. The van der Waals surface area contributed by atoms with Crippen LogP contribution in [-0.4, -0.2) is 31.9 Å². The highest BCUT2D eigenvalue weighted by Crippen LogP contribution is 2.28. The lowest BCUT2D eigenvalue weighted by atomic mass is 10.2. The second kappa shape index (κ2) is 5.16. The van der Waals surface area contributed by atoms with E-state index in [1.807, 2.05) is 6.07 Å². The largest absolute Gasteiger partial charge is 0.309 e. The van der Waals surface area contributed by atoms with Crippen molar-refractivity contribution in [3.05, 3.63) is 16.3 Å². The van der Waals surface area contributed by atoms with Crippen molar-refractivity contribution in [1.82, 2.24) is 9.62 Å². The van der Waals surface area contributed by atoms with Gasteiger partial charge in [0, 0.05) is 35.9 Å². The third-order valence-corrected chi connectivity index (χ3v) is 6.73. The van der Waals surface area contributed by atoms with Crippen molar-refractivity contribution in [1.29, 1.82) is 0 Å². The number of nitrogens with zero attached hydrogens (tertiary/aromatic N) is 1. The van der Waals surface area contributed by atoms with E-state index in [1.54, 1.807) is 9.69 Å². The molecule has 0 amide bonds. The molecule has 0 bridgehead atoms. The fourth-order valence-corrected chi connectivity index (χ4v) is 5.17. The average molecular weight is 300 g/mol. The number of sulfonamides is 1. The van der Waals surface area contributed by atoms with Gasteiger partial charge in [-0.05, 0) is 31.2 Å². The summed E-state index contributed by atoms with van der Waals surface area (Å²) in [6, 6.07) is 2.49. The summed E-state index contributed by atoms with van der Waals surface area (Å²) >= 11 is 1.54. The monoisotopic (exact) mass is 300 g/mol. The van der Waals surface area contributed by atoms with Crippen LogP contribution in [0.1, 0.15) is 31.1 Å². The summed E-state index contributed by atoms with van der Waals surface area (Å²) in [5, 5.41) is 5.20. The van der Waals surface area contributed by atoms with Gasteiger partial charge in [0.15, 0.2) is 0 Å². The van der Waals surface area contributed by atoms with Crippen molar-refractivity contribution in [2.24, 2.45) is 5.92 Å². The van der Waals surface area contributed by atoms with Crippen LogP contribution in [0.15, 0.2) is 16.3 Å². The first kappa shape index (κ1) is 13.5. The van der Waals surface area contributed by atoms with Crippen molar-refractivity contribution in [3.63, 3.8) is 0 Å². The van der Waals surface area contributed by atoms with E-state index in [-0.39, 0.29) is 0 Å². The van der Waals surface area contributed by atoms with Crippen LogP contribution in [0.4, 0.5) is 0 Å². The standard InChI is InChI=1S/C13H20N2O2S2/c1-10-4-5-15(8-10)19(16,17)13-6-12(18-9-13)7-14-11-2-3-11/h6,9-11,14H,2-5,7-8H2,1H3. The smallest absolute Gasteiger partial charge is 0.243 e. The van der Waals surface area contributed by atoms with Crippen LogP contribution in [0.5, 0.6) is 0 Å². The molecule has 0 aromatic carbocycles. The molecular weight excluding hydrogens is 280 g/mol. The number of rotatable bonds is 5. The fraction of sp³-hybridized carbons (Fsp3) is 0.692. The van der Waals surface area contributed by atoms with Gasteiger partial charge in [0.2, 0.25) is 10.0 Å². The van der Waals surface area contributed by atoms with E-state index in [1.165, 1.54) is 24.2 Å². The van der Waals surface area contributed by atoms with Gasteiger partial charge in [0.05, 0.1) is 4.90 Å². The Hall–Kier alpha value is -0.430. The summed E-state index contributed by atoms with van der Waals surface area (Å²) in [6.45, 7) is 4.22. The molecule has 0 radical (unpaired) electrons. The molecule has 3 rings (SSSR count). The summed E-state index contributed by atoms with van der Waals surface area (Å²) in [6.07, 6.45) is 3.48. The van der Waals surface area contributed by atoms with Crippen molar-refractivity contribution >= 4 is 21.4 Å². The molecule has 1 unspecified atom stereocenters. The van der Waals surface area contributed by atoms with E-state index >= 15 is 0 Å². The predicted molar refractivity (Wildman–Crippen MR) is 76.7 cm³/mol. The molecule has 1 aromatic heterocycles. The lowest BCUT2D eigenvalue weighted by Crippen LogP contribution is -2.28. The summed E-state index contributed by atoms with van der Waals surface area (Å²) in [7, 11) is -3.26.